The molecule has 0 bridgehead atoms. The number of benzene rings is 1. The highest BCUT2D eigenvalue weighted by atomic mass is 79.9. The number of ether oxygens (including phenoxy) is 1. The molecule has 1 aromatic rings. The summed E-state index contributed by atoms with van der Waals surface area (Å²) >= 11 is 7.19. The van der Waals surface area contributed by atoms with Crippen LogP contribution in [0.1, 0.15) is 6.42 Å². The van der Waals surface area contributed by atoms with Crippen molar-refractivity contribution >= 4 is 44.4 Å². The van der Waals surface area contributed by atoms with Crippen LogP contribution in [-0.2, 0) is 19.4 Å². The Morgan fingerprint density at radius 1 is 1.39 bits per heavy atom. The third kappa shape index (κ3) is 3.73. The molecule has 0 aromatic heterocycles. The standard InChI is InChI=1S/C11H13BrO4S2/c1-16-10(13)7-9(11(12)17)18(14,15)8-5-3-2-4-6-8/h2-6,9,11,17H,7H2,1H3. The van der Waals surface area contributed by atoms with E-state index in [1.165, 1.54) is 19.2 Å². The second-order valence-electron chi connectivity index (χ2n) is 3.55. The van der Waals surface area contributed by atoms with E-state index in [1.54, 1.807) is 18.2 Å². The molecule has 2 unspecified atom stereocenters. The summed E-state index contributed by atoms with van der Waals surface area (Å²) in [7, 11) is -2.41. The maximum absolute atomic E-state index is 12.3. The third-order valence-corrected chi connectivity index (χ3v) is 6.09. The van der Waals surface area contributed by atoms with E-state index in [1.807, 2.05) is 0 Å². The quantitative estimate of drug-likeness (QED) is 0.500. The summed E-state index contributed by atoms with van der Waals surface area (Å²) in [5.41, 5.74) is 0. The summed E-state index contributed by atoms with van der Waals surface area (Å²) in [5.74, 6) is -0.585. The van der Waals surface area contributed by atoms with Gasteiger partial charge in [-0.25, -0.2) is 8.42 Å². The van der Waals surface area contributed by atoms with Crippen LogP contribution in [0.15, 0.2) is 35.2 Å². The first kappa shape index (κ1) is 15.5. The van der Waals surface area contributed by atoms with E-state index in [0.29, 0.717) is 0 Å². The number of esters is 1. The highest BCUT2D eigenvalue weighted by Crippen LogP contribution is 2.26. The Labute approximate surface area is 120 Å². The van der Waals surface area contributed by atoms with Gasteiger partial charge in [0.1, 0.15) is 0 Å². The van der Waals surface area contributed by atoms with Gasteiger partial charge in [0.25, 0.3) is 0 Å². The molecule has 18 heavy (non-hydrogen) atoms. The molecule has 0 radical (unpaired) electrons. The minimum absolute atomic E-state index is 0.164. The Balaban J connectivity index is 3.10. The maximum atomic E-state index is 12.3. The van der Waals surface area contributed by atoms with Gasteiger partial charge < -0.3 is 4.74 Å². The first-order valence-electron chi connectivity index (χ1n) is 5.07. The zero-order valence-corrected chi connectivity index (χ0v) is 12.9. The first-order valence-corrected chi connectivity index (χ1v) is 8.05. The van der Waals surface area contributed by atoms with Crippen LogP contribution in [-0.4, -0.2) is 30.9 Å². The normalized spacial score (nSPS) is 14.8. The average molecular weight is 353 g/mol. The molecule has 0 N–H and O–H groups in total. The fraction of sp³-hybridized carbons (Fsp3) is 0.364. The SMILES string of the molecule is COC(=O)CC(C(S)Br)S(=O)(=O)c1ccccc1. The second-order valence-corrected chi connectivity index (χ2v) is 7.97. The van der Waals surface area contributed by atoms with Crippen LogP contribution in [0.2, 0.25) is 0 Å². The number of hydrogen-bond donors (Lipinski definition) is 1. The zero-order chi connectivity index (χ0) is 13.8. The van der Waals surface area contributed by atoms with Crippen LogP contribution < -0.4 is 0 Å². The van der Waals surface area contributed by atoms with E-state index >= 15 is 0 Å². The van der Waals surface area contributed by atoms with Crippen molar-refractivity contribution in [2.75, 3.05) is 7.11 Å². The minimum Gasteiger partial charge on any atom is -0.469 e. The minimum atomic E-state index is -3.63. The fourth-order valence-electron chi connectivity index (χ4n) is 1.39. The molecule has 0 saturated carbocycles. The van der Waals surface area contributed by atoms with Gasteiger partial charge in [-0.2, -0.15) is 12.6 Å². The smallest absolute Gasteiger partial charge is 0.306 e. The Bertz CT molecular complexity index is 499. The molecule has 0 aliphatic rings. The maximum Gasteiger partial charge on any atom is 0.306 e. The molecule has 1 rings (SSSR count). The van der Waals surface area contributed by atoms with Gasteiger partial charge >= 0.3 is 5.97 Å². The van der Waals surface area contributed by atoms with Gasteiger partial charge in [0, 0.05) is 0 Å². The van der Waals surface area contributed by atoms with Crippen molar-refractivity contribution in [2.24, 2.45) is 0 Å². The van der Waals surface area contributed by atoms with E-state index in [2.05, 4.69) is 33.3 Å². The number of halogens is 1. The molecule has 1 aromatic carbocycles. The Morgan fingerprint density at radius 3 is 2.39 bits per heavy atom. The lowest BCUT2D eigenvalue weighted by molar-refractivity contribution is -0.140. The average Bonchev–Trinajstić information content (AvgIpc) is 2.36. The van der Waals surface area contributed by atoms with Gasteiger partial charge in [-0.1, -0.05) is 34.1 Å². The molecule has 0 amide bonds. The lowest BCUT2D eigenvalue weighted by Crippen LogP contribution is -2.30. The van der Waals surface area contributed by atoms with Crippen LogP contribution in [0.5, 0.6) is 0 Å². The number of sulfone groups is 1. The number of methoxy groups -OCH3 is 1. The van der Waals surface area contributed by atoms with Crippen molar-refractivity contribution in [3.8, 4) is 0 Å². The van der Waals surface area contributed by atoms with Crippen LogP contribution in [0, 0.1) is 0 Å². The van der Waals surface area contributed by atoms with E-state index in [9.17, 15) is 13.2 Å². The van der Waals surface area contributed by atoms with Gasteiger partial charge in [0.2, 0.25) is 0 Å². The fourth-order valence-corrected chi connectivity index (χ4v) is 4.55. The second kappa shape index (κ2) is 6.58. The molecule has 7 heteroatoms. The summed E-state index contributed by atoms with van der Waals surface area (Å²) in [6.07, 6.45) is -0.243. The molecular weight excluding hydrogens is 340 g/mol. The molecule has 0 saturated heterocycles. The zero-order valence-electron chi connectivity index (χ0n) is 9.61. The third-order valence-electron chi connectivity index (χ3n) is 2.37. The summed E-state index contributed by atoms with van der Waals surface area (Å²) in [4.78, 5) is 11.4. The van der Waals surface area contributed by atoms with E-state index < -0.39 is 25.2 Å². The molecule has 0 fully saturated rings. The summed E-state index contributed by atoms with van der Waals surface area (Å²) < 4.78 is 28.5. The summed E-state index contributed by atoms with van der Waals surface area (Å²) in [5, 5.41) is -0.976. The monoisotopic (exact) mass is 352 g/mol. The van der Waals surface area contributed by atoms with Crippen LogP contribution in [0.3, 0.4) is 0 Å². The molecular formula is C11H13BrO4S2. The molecule has 0 heterocycles. The van der Waals surface area contributed by atoms with Crippen LogP contribution in [0.25, 0.3) is 0 Å². The van der Waals surface area contributed by atoms with Crippen LogP contribution in [0.4, 0.5) is 0 Å². The number of hydrogen-bond acceptors (Lipinski definition) is 5. The number of thiol groups is 1. The van der Waals surface area contributed by atoms with Crippen molar-refractivity contribution in [1.82, 2.24) is 0 Å². The van der Waals surface area contributed by atoms with Crippen molar-refractivity contribution in [3.63, 3.8) is 0 Å². The van der Waals surface area contributed by atoms with Crippen molar-refractivity contribution < 1.29 is 17.9 Å². The van der Waals surface area contributed by atoms with Gasteiger partial charge in [0.15, 0.2) is 9.84 Å². The van der Waals surface area contributed by atoms with Crippen molar-refractivity contribution in [1.29, 1.82) is 0 Å². The van der Waals surface area contributed by atoms with Gasteiger partial charge in [0.05, 0.1) is 27.8 Å². The largest absolute Gasteiger partial charge is 0.469 e. The molecule has 4 nitrogen and oxygen atoms in total. The highest BCUT2D eigenvalue weighted by Gasteiger charge is 2.34. The molecule has 0 aliphatic heterocycles. The summed E-state index contributed by atoms with van der Waals surface area (Å²) in [6.45, 7) is 0. The predicted molar refractivity (Wildman–Crippen MR) is 75.7 cm³/mol. The highest BCUT2D eigenvalue weighted by molar-refractivity contribution is 9.11. The number of carbonyl (C=O) groups excluding carboxylic acids is 1. The number of alkyl halides is 1. The molecule has 0 spiro atoms. The first-order chi connectivity index (χ1) is 8.39. The Kier molecular flexibility index (Phi) is 5.68. The Hall–Kier alpha value is -0.530. The van der Waals surface area contributed by atoms with Gasteiger partial charge in [-0.3, -0.25) is 4.79 Å². The predicted octanol–water partition coefficient (Wildman–Crippen LogP) is 2.04. The van der Waals surface area contributed by atoms with E-state index in [4.69, 9.17) is 0 Å². The molecule has 0 aliphatic carbocycles. The van der Waals surface area contributed by atoms with Gasteiger partial charge in [-0.05, 0) is 12.1 Å². The molecule has 2 atom stereocenters. The van der Waals surface area contributed by atoms with Crippen molar-refractivity contribution in [3.05, 3.63) is 30.3 Å². The number of rotatable bonds is 5. The number of carbonyl (C=O) groups is 1. The lowest BCUT2D eigenvalue weighted by atomic mass is 10.3. The molecule has 100 valence electrons. The Morgan fingerprint density at radius 2 is 1.94 bits per heavy atom. The van der Waals surface area contributed by atoms with E-state index in [0.717, 1.165) is 0 Å². The topological polar surface area (TPSA) is 60.4 Å². The van der Waals surface area contributed by atoms with E-state index in [-0.39, 0.29) is 11.3 Å². The lowest BCUT2D eigenvalue weighted by Gasteiger charge is -2.18. The van der Waals surface area contributed by atoms with Crippen molar-refractivity contribution in [2.45, 2.75) is 20.7 Å². The van der Waals surface area contributed by atoms with Crippen LogP contribution >= 0.6 is 28.6 Å². The summed E-state index contributed by atoms with van der Waals surface area (Å²) in [6, 6.07) is 7.96. The van der Waals surface area contributed by atoms with Gasteiger partial charge in [-0.15, -0.1) is 0 Å².